The molecule has 0 aliphatic carbocycles. The SMILES string of the molecule is CC(C)CC(C)(O)CNCc1occc1Br. The lowest BCUT2D eigenvalue weighted by Crippen LogP contribution is -2.38. The van der Waals surface area contributed by atoms with E-state index in [0.29, 0.717) is 19.0 Å². The highest BCUT2D eigenvalue weighted by Crippen LogP contribution is 2.18. The molecule has 0 aliphatic rings. The van der Waals surface area contributed by atoms with Gasteiger partial charge in [-0.1, -0.05) is 13.8 Å². The Morgan fingerprint density at radius 1 is 1.56 bits per heavy atom. The Labute approximate surface area is 105 Å². The molecule has 3 nitrogen and oxygen atoms in total. The van der Waals surface area contributed by atoms with Gasteiger partial charge in [-0.2, -0.15) is 0 Å². The molecule has 1 atom stereocenters. The number of aliphatic hydroxyl groups is 1. The lowest BCUT2D eigenvalue weighted by molar-refractivity contribution is 0.0379. The first-order chi connectivity index (χ1) is 7.41. The molecule has 0 saturated carbocycles. The van der Waals surface area contributed by atoms with Gasteiger partial charge in [0, 0.05) is 6.54 Å². The highest BCUT2D eigenvalue weighted by molar-refractivity contribution is 9.10. The van der Waals surface area contributed by atoms with Gasteiger partial charge in [0.25, 0.3) is 0 Å². The molecular formula is C12H20BrNO2. The predicted octanol–water partition coefficient (Wildman–Crippen LogP) is 2.93. The molecule has 4 heteroatoms. The topological polar surface area (TPSA) is 45.4 Å². The van der Waals surface area contributed by atoms with Gasteiger partial charge in [-0.15, -0.1) is 0 Å². The second-order valence-corrected chi connectivity index (χ2v) is 5.74. The average Bonchev–Trinajstić information content (AvgIpc) is 2.49. The summed E-state index contributed by atoms with van der Waals surface area (Å²) in [6, 6.07) is 1.86. The first-order valence-electron chi connectivity index (χ1n) is 5.56. The molecule has 0 saturated heterocycles. The predicted molar refractivity (Wildman–Crippen MR) is 68.2 cm³/mol. The third-order valence-corrected chi connectivity index (χ3v) is 3.04. The number of halogens is 1. The van der Waals surface area contributed by atoms with Gasteiger partial charge in [0.2, 0.25) is 0 Å². The van der Waals surface area contributed by atoms with Crippen LogP contribution in [0.4, 0.5) is 0 Å². The Kier molecular flexibility index (Phi) is 5.02. The van der Waals surface area contributed by atoms with E-state index < -0.39 is 5.60 Å². The van der Waals surface area contributed by atoms with E-state index in [9.17, 15) is 5.11 Å². The molecule has 0 fully saturated rings. The standard InChI is InChI=1S/C12H20BrNO2/c1-9(2)6-12(3,15)8-14-7-11-10(13)4-5-16-11/h4-5,9,14-15H,6-8H2,1-3H3. The second kappa shape index (κ2) is 5.84. The summed E-state index contributed by atoms with van der Waals surface area (Å²) >= 11 is 3.39. The number of hydrogen-bond acceptors (Lipinski definition) is 3. The molecule has 0 aromatic carbocycles. The van der Waals surface area contributed by atoms with Crippen LogP contribution in [0.5, 0.6) is 0 Å². The molecule has 2 N–H and O–H groups in total. The van der Waals surface area contributed by atoms with Crippen LogP contribution in [-0.2, 0) is 6.54 Å². The third-order valence-electron chi connectivity index (χ3n) is 2.33. The Morgan fingerprint density at radius 2 is 2.25 bits per heavy atom. The smallest absolute Gasteiger partial charge is 0.131 e. The fourth-order valence-electron chi connectivity index (χ4n) is 1.85. The van der Waals surface area contributed by atoms with Gasteiger partial charge < -0.3 is 14.8 Å². The number of nitrogens with one attached hydrogen (secondary N) is 1. The minimum atomic E-state index is -0.659. The first-order valence-corrected chi connectivity index (χ1v) is 6.35. The van der Waals surface area contributed by atoms with E-state index in [1.165, 1.54) is 0 Å². The lowest BCUT2D eigenvalue weighted by atomic mass is 9.94. The zero-order chi connectivity index (χ0) is 12.2. The van der Waals surface area contributed by atoms with Gasteiger partial charge in [0.1, 0.15) is 5.76 Å². The molecule has 0 amide bonds. The summed E-state index contributed by atoms with van der Waals surface area (Å²) in [5, 5.41) is 13.3. The fraction of sp³-hybridized carbons (Fsp3) is 0.667. The maximum atomic E-state index is 10.1. The van der Waals surface area contributed by atoms with Crippen LogP contribution in [0.3, 0.4) is 0 Å². The number of hydrogen-bond donors (Lipinski definition) is 2. The molecule has 0 spiro atoms. The Morgan fingerprint density at radius 3 is 2.75 bits per heavy atom. The Bertz CT molecular complexity index is 321. The maximum absolute atomic E-state index is 10.1. The van der Waals surface area contributed by atoms with E-state index in [2.05, 4.69) is 35.1 Å². The molecule has 1 aromatic rings. The van der Waals surface area contributed by atoms with Crippen molar-refractivity contribution in [2.45, 2.75) is 39.3 Å². The van der Waals surface area contributed by atoms with E-state index >= 15 is 0 Å². The van der Waals surface area contributed by atoms with Crippen LogP contribution in [0.15, 0.2) is 21.2 Å². The van der Waals surface area contributed by atoms with Gasteiger partial charge >= 0.3 is 0 Å². The fourth-order valence-corrected chi connectivity index (χ4v) is 2.19. The van der Waals surface area contributed by atoms with Crippen molar-refractivity contribution in [3.63, 3.8) is 0 Å². The highest BCUT2D eigenvalue weighted by Gasteiger charge is 2.21. The van der Waals surface area contributed by atoms with Gasteiger partial charge in [-0.3, -0.25) is 0 Å². The minimum Gasteiger partial charge on any atom is -0.467 e. The molecule has 0 radical (unpaired) electrons. The largest absolute Gasteiger partial charge is 0.467 e. The molecule has 92 valence electrons. The van der Waals surface area contributed by atoms with Crippen molar-refractivity contribution in [3.05, 3.63) is 22.6 Å². The first kappa shape index (κ1) is 13.7. The van der Waals surface area contributed by atoms with Crippen LogP contribution < -0.4 is 5.32 Å². The van der Waals surface area contributed by atoms with E-state index in [1.54, 1.807) is 6.26 Å². The minimum absolute atomic E-state index is 0.493. The number of furan rings is 1. The van der Waals surface area contributed by atoms with Crippen LogP contribution in [0, 0.1) is 5.92 Å². The van der Waals surface area contributed by atoms with Crippen LogP contribution in [0.2, 0.25) is 0 Å². The molecule has 0 bridgehead atoms. The lowest BCUT2D eigenvalue weighted by Gasteiger charge is -2.25. The summed E-state index contributed by atoms with van der Waals surface area (Å²) < 4.78 is 6.23. The van der Waals surface area contributed by atoms with Gasteiger partial charge in [0.05, 0.1) is 22.9 Å². The van der Waals surface area contributed by atoms with E-state index in [0.717, 1.165) is 16.7 Å². The summed E-state index contributed by atoms with van der Waals surface area (Å²) in [6.07, 6.45) is 2.44. The summed E-state index contributed by atoms with van der Waals surface area (Å²) in [4.78, 5) is 0. The summed E-state index contributed by atoms with van der Waals surface area (Å²) in [6.45, 7) is 7.27. The van der Waals surface area contributed by atoms with Crippen molar-refractivity contribution >= 4 is 15.9 Å². The summed E-state index contributed by atoms with van der Waals surface area (Å²) in [7, 11) is 0. The Hall–Kier alpha value is -0.320. The highest BCUT2D eigenvalue weighted by atomic mass is 79.9. The average molecular weight is 290 g/mol. The van der Waals surface area contributed by atoms with Crippen molar-refractivity contribution in [1.82, 2.24) is 5.32 Å². The number of rotatable bonds is 6. The van der Waals surface area contributed by atoms with Gasteiger partial charge in [-0.25, -0.2) is 0 Å². The van der Waals surface area contributed by atoms with Crippen molar-refractivity contribution < 1.29 is 9.52 Å². The monoisotopic (exact) mass is 289 g/mol. The Balaban J connectivity index is 2.32. The van der Waals surface area contributed by atoms with Gasteiger partial charge in [-0.05, 0) is 41.3 Å². The second-order valence-electron chi connectivity index (χ2n) is 4.89. The van der Waals surface area contributed by atoms with E-state index in [4.69, 9.17) is 4.42 Å². The van der Waals surface area contributed by atoms with Crippen molar-refractivity contribution in [1.29, 1.82) is 0 Å². The molecular weight excluding hydrogens is 270 g/mol. The molecule has 16 heavy (non-hydrogen) atoms. The van der Waals surface area contributed by atoms with Crippen LogP contribution in [0.1, 0.15) is 33.0 Å². The van der Waals surface area contributed by atoms with E-state index in [1.807, 2.05) is 13.0 Å². The van der Waals surface area contributed by atoms with Crippen LogP contribution in [0.25, 0.3) is 0 Å². The zero-order valence-electron chi connectivity index (χ0n) is 10.1. The molecule has 1 rings (SSSR count). The zero-order valence-corrected chi connectivity index (χ0v) is 11.7. The van der Waals surface area contributed by atoms with Crippen molar-refractivity contribution in [2.24, 2.45) is 5.92 Å². The van der Waals surface area contributed by atoms with Crippen molar-refractivity contribution in [3.8, 4) is 0 Å². The molecule has 1 unspecified atom stereocenters. The third kappa shape index (κ3) is 4.68. The summed E-state index contributed by atoms with van der Waals surface area (Å²) in [5.74, 6) is 1.35. The molecule has 1 heterocycles. The van der Waals surface area contributed by atoms with E-state index in [-0.39, 0.29) is 0 Å². The van der Waals surface area contributed by atoms with Gasteiger partial charge in [0.15, 0.2) is 0 Å². The molecule has 1 aromatic heterocycles. The van der Waals surface area contributed by atoms with Crippen LogP contribution >= 0.6 is 15.9 Å². The maximum Gasteiger partial charge on any atom is 0.131 e. The van der Waals surface area contributed by atoms with Crippen molar-refractivity contribution in [2.75, 3.05) is 6.54 Å². The molecule has 0 aliphatic heterocycles. The summed E-state index contributed by atoms with van der Waals surface area (Å²) in [5.41, 5.74) is -0.659. The van der Waals surface area contributed by atoms with Crippen LogP contribution in [-0.4, -0.2) is 17.3 Å². The normalized spacial score (nSPS) is 15.4. The quantitative estimate of drug-likeness (QED) is 0.846.